The molecule has 0 amide bonds. The fourth-order valence-electron chi connectivity index (χ4n) is 3.75. The lowest BCUT2D eigenvalue weighted by Gasteiger charge is -2.33. The van der Waals surface area contributed by atoms with E-state index in [-0.39, 0.29) is 41.6 Å². The number of likely N-dealkylation sites (tertiary alicyclic amines) is 1. The van der Waals surface area contributed by atoms with E-state index in [0.717, 1.165) is 37.6 Å². The summed E-state index contributed by atoms with van der Waals surface area (Å²) in [5, 5.41) is 6.56. The van der Waals surface area contributed by atoms with Gasteiger partial charge in [0.1, 0.15) is 0 Å². The van der Waals surface area contributed by atoms with Crippen molar-refractivity contribution in [2.24, 2.45) is 4.99 Å². The predicted octanol–water partition coefficient (Wildman–Crippen LogP) is 4.10. The van der Waals surface area contributed by atoms with Crippen LogP contribution in [0.15, 0.2) is 41.4 Å². The van der Waals surface area contributed by atoms with E-state index in [9.17, 15) is 13.2 Å². The average Bonchev–Trinajstić information content (AvgIpc) is 2.77. The van der Waals surface area contributed by atoms with Gasteiger partial charge >= 0.3 is 0 Å². The Kier molecular flexibility index (Phi) is 10.6. The molecule has 1 aliphatic heterocycles. The second kappa shape index (κ2) is 12.9. The van der Waals surface area contributed by atoms with Crippen LogP contribution in [-0.4, -0.2) is 50.7 Å². The summed E-state index contributed by atoms with van der Waals surface area (Å²) in [5.41, 5.74) is 1.26. The van der Waals surface area contributed by atoms with Crippen LogP contribution in [-0.2, 0) is 13.0 Å². The summed E-state index contributed by atoms with van der Waals surface area (Å²) in [7, 11) is 3.14. The quantitative estimate of drug-likeness (QED) is 0.303. The highest BCUT2D eigenvalue weighted by Gasteiger charge is 2.20. The van der Waals surface area contributed by atoms with Crippen molar-refractivity contribution in [3.8, 4) is 5.75 Å². The Morgan fingerprint density at radius 1 is 1.12 bits per heavy atom. The number of nitrogens with one attached hydrogen (secondary N) is 2. The van der Waals surface area contributed by atoms with Crippen molar-refractivity contribution in [3.05, 3.63) is 65.0 Å². The first-order chi connectivity index (χ1) is 15.0. The molecule has 0 bridgehead atoms. The molecule has 0 spiro atoms. The molecular formula is C23H30F3IN4O. The molecule has 176 valence electrons. The first-order valence-corrected chi connectivity index (χ1v) is 10.4. The minimum absolute atomic E-state index is 0. The highest BCUT2D eigenvalue weighted by atomic mass is 127. The Morgan fingerprint density at radius 2 is 1.88 bits per heavy atom. The molecule has 1 saturated heterocycles. The molecule has 1 fully saturated rings. The molecule has 0 radical (unpaired) electrons. The van der Waals surface area contributed by atoms with Gasteiger partial charge in [0, 0.05) is 39.3 Å². The van der Waals surface area contributed by atoms with Crippen LogP contribution in [0.3, 0.4) is 0 Å². The van der Waals surface area contributed by atoms with Gasteiger partial charge in [0.05, 0.1) is 7.11 Å². The summed E-state index contributed by atoms with van der Waals surface area (Å²) in [6, 6.07) is 9.54. The zero-order chi connectivity index (χ0) is 22.2. The molecule has 32 heavy (non-hydrogen) atoms. The molecule has 0 unspecified atom stereocenters. The number of rotatable bonds is 7. The van der Waals surface area contributed by atoms with Crippen LogP contribution >= 0.6 is 24.0 Å². The Bertz CT molecular complexity index is 905. The number of hydrogen-bond donors (Lipinski definition) is 2. The van der Waals surface area contributed by atoms with Gasteiger partial charge in [-0.15, -0.1) is 24.0 Å². The first-order valence-electron chi connectivity index (χ1n) is 10.4. The number of benzene rings is 2. The summed E-state index contributed by atoms with van der Waals surface area (Å²) in [5.74, 6) is -1.07. The van der Waals surface area contributed by atoms with Gasteiger partial charge in [-0.1, -0.05) is 18.2 Å². The minimum atomic E-state index is -0.829. The normalized spacial score (nSPS) is 15.2. The van der Waals surface area contributed by atoms with Gasteiger partial charge in [0.25, 0.3) is 0 Å². The van der Waals surface area contributed by atoms with Crippen LogP contribution in [0.4, 0.5) is 13.2 Å². The van der Waals surface area contributed by atoms with Gasteiger partial charge in [-0.3, -0.25) is 9.89 Å². The van der Waals surface area contributed by atoms with Crippen molar-refractivity contribution in [1.29, 1.82) is 0 Å². The Labute approximate surface area is 204 Å². The number of piperidine rings is 1. The fraction of sp³-hybridized carbons (Fsp3) is 0.435. The molecule has 2 aromatic carbocycles. The summed E-state index contributed by atoms with van der Waals surface area (Å²) in [6.45, 7) is 2.91. The molecule has 0 saturated carbocycles. The Hall–Kier alpha value is -2.01. The number of ether oxygens (including phenoxy) is 1. The van der Waals surface area contributed by atoms with Crippen LogP contribution < -0.4 is 15.4 Å². The minimum Gasteiger partial charge on any atom is -0.494 e. The largest absolute Gasteiger partial charge is 0.494 e. The second-order valence-corrected chi connectivity index (χ2v) is 7.63. The molecule has 0 atom stereocenters. The third-order valence-electron chi connectivity index (χ3n) is 5.49. The van der Waals surface area contributed by atoms with Gasteiger partial charge in [-0.05, 0) is 48.6 Å². The highest BCUT2D eigenvalue weighted by Crippen LogP contribution is 2.20. The monoisotopic (exact) mass is 562 g/mol. The molecule has 2 N–H and O–H groups in total. The van der Waals surface area contributed by atoms with E-state index >= 15 is 0 Å². The van der Waals surface area contributed by atoms with E-state index in [1.807, 2.05) is 6.07 Å². The fourth-order valence-corrected chi connectivity index (χ4v) is 3.75. The third-order valence-corrected chi connectivity index (χ3v) is 5.49. The summed E-state index contributed by atoms with van der Waals surface area (Å²) in [6.07, 6.45) is 2.22. The van der Waals surface area contributed by atoms with Gasteiger partial charge < -0.3 is 15.4 Å². The van der Waals surface area contributed by atoms with Crippen molar-refractivity contribution in [2.75, 3.05) is 33.8 Å². The van der Waals surface area contributed by atoms with Gasteiger partial charge in [0.2, 0.25) is 0 Å². The van der Waals surface area contributed by atoms with Crippen LogP contribution in [0.25, 0.3) is 0 Å². The smallest absolute Gasteiger partial charge is 0.191 e. The molecule has 5 nitrogen and oxygen atoms in total. The highest BCUT2D eigenvalue weighted by molar-refractivity contribution is 14.0. The number of hydrogen-bond acceptors (Lipinski definition) is 3. The van der Waals surface area contributed by atoms with Crippen molar-refractivity contribution >= 4 is 29.9 Å². The van der Waals surface area contributed by atoms with E-state index in [4.69, 9.17) is 4.74 Å². The van der Waals surface area contributed by atoms with Gasteiger partial charge in [-0.25, -0.2) is 13.2 Å². The van der Waals surface area contributed by atoms with E-state index in [0.29, 0.717) is 31.0 Å². The molecular weight excluding hydrogens is 532 g/mol. The van der Waals surface area contributed by atoms with Crippen molar-refractivity contribution < 1.29 is 17.9 Å². The van der Waals surface area contributed by atoms with Crippen molar-refractivity contribution in [3.63, 3.8) is 0 Å². The maximum absolute atomic E-state index is 13.9. The maximum atomic E-state index is 13.9. The first kappa shape index (κ1) is 26.2. The molecule has 3 rings (SSSR count). The van der Waals surface area contributed by atoms with E-state index in [2.05, 4.69) is 20.5 Å². The van der Waals surface area contributed by atoms with Crippen LogP contribution in [0.1, 0.15) is 24.0 Å². The summed E-state index contributed by atoms with van der Waals surface area (Å²) < 4.78 is 45.9. The number of guanidine groups is 1. The second-order valence-electron chi connectivity index (χ2n) is 7.63. The van der Waals surface area contributed by atoms with Crippen molar-refractivity contribution in [2.45, 2.75) is 31.8 Å². The van der Waals surface area contributed by atoms with E-state index < -0.39 is 11.6 Å². The molecule has 0 aliphatic carbocycles. The van der Waals surface area contributed by atoms with Crippen molar-refractivity contribution in [1.82, 2.24) is 15.5 Å². The number of methoxy groups -OCH3 is 1. The zero-order valence-corrected chi connectivity index (χ0v) is 20.7. The lowest BCUT2D eigenvalue weighted by molar-refractivity contribution is 0.198. The topological polar surface area (TPSA) is 48.9 Å². The number of aliphatic imine (C=N–C) groups is 1. The predicted molar refractivity (Wildman–Crippen MR) is 131 cm³/mol. The van der Waals surface area contributed by atoms with Crippen LogP contribution in [0.5, 0.6) is 5.75 Å². The van der Waals surface area contributed by atoms with E-state index in [1.165, 1.54) is 19.2 Å². The lowest BCUT2D eigenvalue weighted by atomic mass is 10.0. The molecule has 9 heteroatoms. The van der Waals surface area contributed by atoms with Gasteiger partial charge in [-0.2, -0.15) is 0 Å². The van der Waals surface area contributed by atoms with E-state index in [1.54, 1.807) is 19.2 Å². The van der Waals surface area contributed by atoms with Crippen LogP contribution in [0, 0.1) is 17.5 Å². The molecule has 1 aliphatic rings. The number of halogens is 4. The average molecular weight is 562 g/mol. The van der Waals surface area contributed by atoms with Gasteiger partial charge in [0.15, 0.2) is 29.2 Å². The third kappa shape index (κ3) is 7.26. The summed E-state index contributed by atoms with van der Waals surface area (Å²) in [4.78, 5) is 6.52. The maximum Gasteiger partial charge on any atom is 0.191 e. The summed E-state index contributed by atoms with van der Waals surface area (Å²) >= 11 is 0. The number of nitrogens with zero attached hydrogens (tertiary/aromatic N) is 2. The SMILES string of the molecule is CN=C(NCCc1cccc(F)c1F)NC1CCN(Cc2ccc(OC)c(F)c2)CC1.I. The molecule has 0 aromatic heterocycles. The standard InChI is InChI=1S/C23H29F3N4O.HI/c1-27-23(28-11-8-17-4-3-5-19(24)22(17)26)29-18-9-12-30(13-10-18)15-16-6-7-21(31-2)20(25)14-16;/h3-7,14,18H,8-13,15H2,1-2H3,(H2,27,28,29);1H. The zero-order valence-electron chi connectivity index (χ0n) is 18.3. The Balaban J connectivity index is 0.00000363. The molecule has 1 heterocycles. The lowest BCUT2D eigenvalue weighted by Crippen LogP contribution is -2.48. The van der Waals surface area contributed by atoms with Crippen LogP contribution in [0.2, 0.25) is 0 Å². The Morgan fingerprint density at radius 3 is 2.53 bits per heavy atom. The molecule has 2 aromatic rings.